The molecule has 8 heteroatoms. The first-order chi connectivity index (χ1) is 7.02. The van der Waals surface area contributed by atoms with Crippen molar-refractivity contribution in [2.45, 2.75) is 25.8 Å². The first kappa shape index (κ1) is 15.4. The molecular formula is C8H14F3NO3S. The summed E-state index contributed by atoms with van der Waals surface area (Å²) in [4.78, 5) is 3.66. The van der Waals surface area contributed by atoms with E-state index in [4.69, 9.17) is 0 Å². The summed E-state index contributed by atoms with van der Waals surface area (Å²) in [6.45, 7) is 2.63. The Hall–Kier alpha value is -0.630. The third-order valence-electron chi connectivity index (χ3n) is 1.71. The maximum absolute atomic E-state index is 11.9. The van der Waals surface area contributed by atoms with Gasteiger partial charge in [-0.05, 0) is 18.1 Å². The van der Waals surface area contributed by atoms with Crippen molar-refractivity contribution in [3.63, 3.8) is 0 Å². The van der Waals surface area contributed by atoms with Crippen LogP contribution in [0.3, 0.4) is 0 Å². The van der Waals surface area contributed by atoms with Crippen molar-refractivity contribution in [1.29, 1.82) is 0 Å². The van der Waals surface area contributed by atoms with Gasteiger partial charge in [-0.2, -0.15) is 21.6 Å². The summed E-state index contributed by atoms with van der Waals surface area (Å²) in [6.07, 6.45) is 1.82. The molecule has 16 heavy (non-hydrogen) atoms. The van der Waals surface area contributed by atoms with Crippen molar-refractivity contribution in [2.24, 2.45) is 10.4 Å². The first-order valence-corrected chi connectivity index (χ1v) is 5.79. The van der Waals surface area contributed by atoms with Crippen LogP contribution in [0.2, 0.25) is 0 Å². The molecule has 0 spiro atoms. The molecule has 0 aromatic carbocycles. The number of nitrogens with zero attached hydrogens (tertiary/aromatic N) is 1. The summed E-state index contributed by atoms with van der Waals surface area (Å²) < 4.78 is 60.9. The van der Waals surface area contributed by atoms with Gasteiger partial charge < -0.3 is 4.99 Å². The van der Waals surface area contributed by atoms with Gasteiger partial charge in [0.15, 0.2) is 0 Å². The average Bonchev–Trinajstić information content (AvgIpc) is 2.10. The van der Waals surface area contributed by atoms with Gasteiger partial charge in [0.2, 0.25) is 0 Å². The van der Waals surface area contributed by atoms with E-state index in [2.05, 4.69) is 9.18 Å². The summed E-state index contributed by atoms with van der Waals surface area (Å²) >= 11 is 0. The van der Waals surface area contributed by atoms with Crippen LogP contribution in [0.5, 0.6) is 0 Å². The van der Waals surface area contributed by atoms with E-state index in [-0.39, 0.29) is 0 Å². The Labute approximate surface area is 92.6 Å². The SMILES string of the molecule is C/N=C\CC(C)(C)COS(=O)(=O)C(F)(F)F. The molecule has 0 heterocycles. The molecule has 0 fully saturated rings. The van der Waals surface area contributed by atoms with Crippen molar-refractivity contribution in [1.82, 2.24) is 0 Å². The number of aliphatic imine (C=N–C) groups is 1. The highest BCUT2D eigenvalue weighted by Crippen LogP contribution is 2.28. The number of rotatable bonds is 5. The van der Waals surface area contributed by atoms with Crippen molar-refractivity contribution < 1.29 is 25.8 Å². The maximum Gasteiger partial charge on any atom is 0.523 e. The molecule has 4 nitrogen and oxygen atoms in total. The Morgan fingerprint density at radius 3 is 2.19 bits per heavy atom. The minimum atomic E-state index is -5.50. The predicted molar refractivity (Wildman–Crippen MR) is 53.7 cm³/mol. The quantitative estimate of drug-likeness (QED) is 0.432. The van der Waals surface area contributed by atoms with Crippen LogP contribution in [-0.4, -0.2) is 33.8 Å². The Bertz CT molecular complexity index is 346. The van der Waals surface area contributed by atoms with Gasteiger partial charge >= 0.3 is 15.6 Å². The topological polar surface area (TPSA) is 55.7 Å². The van der Waals surface area contributed by atoms with E-state index in [9.17, 15) is 21.6 Å². The molecule has 0 amide bonds. The minimum Gasteiger partial charge on any atom is -0.301 e. The molecule has 0 aliphatic carbocycles. The molecule has 0 radical (unpaired) electrons. The lowest BCUT2D eigenvalue weighted by atomic mass is 9.91. The Kier molecular flexibility index (Phi) is 4.93. The van der Waals surface area contributed by atoms with Gasteiger partial charge in [0.05, 0.1) is 6.61 Å². The van der Waals surface area contributed by atoms with Crippen LogP contribution in [0.25, 0.3) is 0 Å². The predicted octanol–water partition coefficient (Wildman–Crippen LogP) is 1.97. The zero-order valence-electron chi connectivity index (χ0n) is 9.21. The summed E-state index contributed by atoms with van der Waals surface area (Å²) in [5.41, 5.74) is -6.10. The normalized spacial score (nSPS) is 14.6. The van der Waals surface area contributed by atoms with E-state index in [0.717, 1.165) is 0 Å². The molecule has 0 aromatic rings. The molecule has 0 aliphatic heterocycles. The van der Waals surface area contributed by atoms with Crippen LogP contribution in [0, 0.1) is 5.41 Å². The molecule has 0 aromatic heterocycles. The maximum atomic E-state index is 11.9. The van der Waals surface area contributed by atoms with Crippen LogP contribution < -0.4 is 0 Å². The molecule has 0 rings (SSSR count). The van der Waals surface area contributed by atoms with Crippen molar-refractivity contribution in [2.75, 3.05) is 13.7 Å². The molecule has 0 bridgehead atoms. The molecule has 96 valence electrons. The monoisotopic (exact) mass is 261 g/mol. The number of hydrogen-bond acceptors (Lipinski definition) is 4. The number of halogens is 3. The highest BCUT2D eigenvalue weighted by Gasteiger charge is 2.47. The van der Waals surface area contributed by atoms with E-state index in [1.807, 2.05) is 0 Å². The highest BCUT2D eigenvalue weighted by atomic mass is 32.2. The third-order valence-corrected chi connectivity index (χ3v) is 2.71. The molecule has 0 saturated carbocycles. The highest BCUT2D eigenvalue weighted by molar-refractivity contribution is 7.87. The summed E-state index contributed by atoms with van der Waals surface area (Å²) in [5, 5.41) is 0. The fourth-order valence-corrected chi connectivity index (χ4v) is 1.31. The molecule has 0 atom stereocenters. The zero-order chi connectivity index (χ0) is 13.0. The van der Waals surface area contributed by atoms with Crippen LogP contribution in [0.1, 0.15) is 20.3 Å². The Morgan fingerprint density at radius 1 is 1.31 bits per heavy atom. The second-order valence-corrected chi connectivity index (χ2v) is 5.58. The second-order valence-electron chi connectivity index (χ2n) is 3.97. The lowest BCUT2D eigenvalue weighted by Crippen LogP contribution is -2.30. The fraction of sp³-hybridized carbons (Fsp3) is 0.875. The third kappa shape index (κ3) is 4.93. The molecule has 0 aliphatic rings. The fourth-order valence-electron chi connectivity index (χ4n) is 0.701. The van der Waals surface area contributed by atoms with Crippen LogP contribution in [0.4, 0.5) is 13.2 Å². The number of hydrogen-bond donors (Lipinski definition) is 0. The molecule has 0 N–H and O–H groups in total. The first-order valence-electron chi connectivity index (χ1n) is 4.38. The van der Waals surface area contributed by atoms with Gasteiger partial charge in [-0.15, -0.1) is 0 Å². The van der Waals surface area contributed by atoms with Gasteiger partial charge in [-0.3, -0.25) is 4.18 Å². The van der Waals surface area contributed by atoms with Crippen LogP contribution >= 0.6 is 0 Å². The lowest BCUT2D eigenvalue weighted by Gasteiger charge is -2.22. The number of alkyl halides is 3. The van der Waals surface area contributed by atoms with Gasteiger partial charge in [-0.1, -0.05) is 13.8 Å². The second kappa shape index (κ2) is 5.13. The largest absolute Gasteiger partial charge is 0.523 e. The van der Waals surface area contributed by atoms with Gasteiger partial charge in [0, 0.05) is 7.05 Å². The summed E-state index contributed by atoms with van der Waals surface area (Å²) in [5.74, 6) is 0. The molecule has 0 saturated heterocycles. The summed E-state index contributed by atoms with van der Waals surface area (Å²) in [6, 6.07) is 0. The van der Waals surface area contributed by atoms with E-state index in [0.29, 0.717) is 6.42 Å². The smallest absolute Gasteiger partial charge is 0.301 e. The van der Waals surface area contributed by atoms with Crippen molar-refractivity contribution >= 4 is 16.3 Å². The molecule has 0 unspecified atom stereocenters. The van der Waals surface area contributed by atoms with Gasteiger partial charge in [-0.25, -0.2) is 0 Å². The van der Waals surface area contributed by atoms with Crippen molar-refractivity contribution in [3.8, 4) is 0 Å². The zero-order valence-corrected chi connectivity index (χ0v) is 10.0. The lowest BCUT2D eigenvalue weighted by molar-refractivity contribution is -0.0560. The minimum absolute atomic E-state index is 0.330. The Morgan fingerprint density at radius 2 is 1.81 bits per heavy atom. The van der Waals surface area contributed by atoms with E-state index in [1.54, 1.807) is 13.8 Å². The van der Waals surface area contributed by atoms with Crippen LogP contribution in [-0.2, 0) is 14.3 Å². The standard InChI is InChI=1S/C8H14F3NO3S/c1-7(2,4-5-12-3)6-15-16(13,14)8(9,10)11/h5H,4,6H2,1-3H3/b12-5-. The van der Waals surface area contributed by atoms with E-state index >= 15 is 0 Å². The van der Waals surface area contributed by atoms with E-state index < -0.39 is 27.6 Å². The molecular weight excluding hydrogens is 247 g/mol. The average molecular weight is 261 g/mol. The van der Waals surface area contributed by atoms with Crippen molar-refractivity contribution in [3.05, 3.63) is 0 Å². The Balaban J connectivity index is 4.46. The summed E-state index contributed by atoms with van der Waals surface area (Å²) in [7, 11) is -3.98. The van der Waals surface area contributed by atoms with Gasteiger partial charge in [0.1, 0.15) is 0 Å². The van der Waals surface area contributed by atoms with E-state index in [1.165, 1.54) is 13.3 Å². The van der Waals surface area contributed by atoms with Crippen LogP contribution in [0.15, 0.2) is 4.99 Å². The van der Waals surface area contributed by atoms with Gasteiger partial charge in [0.25, 0.3) is 0 Å².